The summed E-state index contributed by atoms with van der Waals surface area (Å²) in [6.45, 7) is 5.39. The van der Waals surface area contributed by atoms with E-state index in [1.807, 2.05) is 17.8 Å². The van der Waals surface area contributed by atoms with Crippen molar-refractivity contribution < 1.29 is 13.2 Å². The molecule has 2 aliphatic rings. The Labute approximate surface area is 166 Å². The van der Waals surface area contributed by atoms with Crippen molar-refractivity contribution in [1.29, 1.82) is 0 Å². The third-order valence-electron chi connectivity index (χ3n) is 4.48. The Bertz CT molecular complexity index is 805. The van der Waals surface area contributed by atoms with Crippen LogP contribution in [0.3, 0.4) is 0 Å². The van der Waals surface area contributed by atoms with Crippen LogP contribution in [0.4, 0.5) is 19.0 Å². The maximum absolute atomic E-state index is 13.0. The number of hydrogen-bond donors (Lipinski definition) is 0. The van der Waals surface area contributed by atoms with Gasteiger partial charge in [-0.15, -0.1) is 0 Å². The smallest absolute Gasteiger partial charge is 0.356 e. The molecule has 150 valence electrons. The minimum atomic E-state index is -4.54. The maximum atomic E-state index is 13.0. The number of nitrogens with zero attached hydrogens (tertiary/aromatic N) is 6. The molecule has 0 spiro atoms. The van der Waals surface area contributed by atoms with Gasteiger partial charge in [0.15, 0.2) is 11.5 Å². The van der Waals surface area contributed by atoms with Gasteiger partial charge in [-0.05, 0) is 37.1 Å². The first-order valence-electron chi connectivity index (χ1n) is 8.74. The van der Waals surface area contributed by atoms with Crippen LogP contribution >= 0.6 is 11.8 Å². The Balaban J connectivity index is 1.86. The summed E-state index contributed by atoms with van der Waals surface area (Å²) in [4.78, 5) is 19.6. The molecule has 1 unspecified atom stereocenters. The Hall–Kier alpha value is -2.36. The van der Waals surface area contributed by atoms with Gasteiger partial charge >= 0.3 is 6.18 Å². The molecule has 10 heteroatoms. The van der Waals surface area contributed by atoms with Crippen molar-refractivity contribution in [2.75, 3.05) is 36.5 Å². The number of halogens is 3. The molecule has 3 heterocycles. The van der Waals surface area contributed by atoms with Crippen LogP contribution < -0.4 is 4.90 Å². The van der Waals surface area contributed by atoms with Gasteiger partial charge in [0.25, 0.3) is 0 Å². The second kappa shape index (κ2) is 8.76. The van der Waals surface area contributed by atoms with E-state index in [4.69, 9.17) is 0 Å². The largest absolute Gasteiger partial charge is 0.434 e. The summed E-state index contributed by atoms with van der Waals surface area (Å²) < 4.78 is 39.1. The molecule has 1 atom stereocenters. The standard InChI is InChI=1S/C18H21F3N6S/c1-22-9-14(26-8-6-23-15(11-26)18(19,20)21)17-24-5-3-16(25-17)27-7-4-13(10-27)12-28-2/h3,5-6,9,11,13H,1,4,7-8,10,12H2,2H3/b14-9-. The second-order valence-electron chi connectivity index (χ2n) is 6.47. The number of alkyl halides is 3. The summed E-state index contributed by atoms with van der Waals surface area (Å²) in [5.74, 6) is 2.76. The third-order valence-corrected chi connectivity index (χ3v) is 5.29. The molecular weight excluding hydrogens is 389 g/mol. The monoisotopic (exact) mass is 410 g/mol. The average molecular weight is 410 g/mol. The second-order valence-corrected chi connectivity index (χ2v) is 7.38. The predicted octanol–water partition coefficient (Wildman–Crippen LogP) is 3.46. The van der Waals surface area contributed by atoms with E-state index in [2.05, 4.69) is 37.8 Å². The molecule has 0 amide bonds. The van der Waals surface area contributed by atoms with Crippen molar-refractivity contribution in [2.24, 2.45) is 15.9 Å². The van der Waals surface area contributed by atoms with Gasteiger partial charge in [0.1, 0.15) is 11.5 Å². The van der Waals surface area contributed by atoms with Crippen molar-refractivity contribution in [3.05, 3.63) is 36.2 Å². The molecule has 1 aromatic rings. The van der Waals surface area contributed by atoms with Crippen LogP contribution in [0.5, 0.6) is 0 Å². The third kappa shape index (κ3) is 4.73. The van der Waals surface area contributed by atoms with Crippen molar-refractivity contribution in [2.45, 2.75) is 12.6 Å². The lowest BCUT2D eigenvalue weighted by Crippen LogP contribution is -2.27. The van der Waals surface area contributed by atoms with Crippen LogP contribution in [-0.4, -0.2) is 65.6 Å². The highest BCUT2D eigenvalue weighted by atomic mass is 32.2. The molecule has 1 fully saturated rings. The van der Waals surface area contributed by atoms with Gasteiger partial charge in [0, 0.05) is 31.7 Å². The fraction of sp³-hybridized carbons (Fsp3) is 0.444. The van der Waals surface area contributed by atoms with E-state index in [1.165, 1.54) is 17.3 Å². The number of rotatable bonds is 6. The summed E-state index contributed by atoms with van der Waals surface area (Å²) in [5.41, 5.74) is -0.645. The van der Waals surface area contributed by atoms with Crippen LogP contribution in [0.15, 0.2) is 40.3 Å². The van der Waals surface area contributed by atoms with Gasteiger partial charge < -0.3 is 9.80 Å². The highest BCUT2D eigenvalue weighted by Gasteiger charge is 2.36. The lowest BCUT2D eigenvalue weighted by molar-refractivity contribution is -0.0934. The first-order chi connectivity index (χ1) is 13.4. The van der Waals surface area contributed by atoms with Crippen LogP contribution in [0.2, 0.25) is 0 Å². The van der Waals surface area contributed by atoms with Crippen LogP contribution in [0.25, 0.3) is 5.70 Å². The summed E-state index contributed by atoms with van der Waals surface area (Å²) in [7, 11) is 0. The van der Waals surface area contributed by atoms with Crippen molar-refractivity contribution in [3.63, 3.8) is 0 Å². The van der Waals surface area contributed by atoms with Crippen molar-refractivity contribution >= 4 is 36.2 Å². The number of aromatic nitrogens is 2. The van der Waals surface area contributed by atoms with Crippen molar-refractivity contribution in [3.8, 4) is 0 Å². The van der Waals surface area contributed by atoms with Crippen LogP contribution in [0, 0.1) is 5.92 Å². The molecule has 0 bridgehead atoms. The van der Waals surface area contributed by atoms with E-state index in [0.717, 1.165) is 37.3 Å². The lowest BCUT2D eigenvalue weighted by atomic mass is 10.2. The molecule has 0 aromatic carbocycles. The maximum Gasteiger partial charge on any atom is 0.434 e. The highest BCUT2D eigenvalue weighted by molar-refractivity contribution is 7.98. The minimum Gasteiger partial charge on any atom is -0.356 e. The van der Waals surface area contributed by atoms with Crippen LogP contribution in [0.1, 0.15) is 12.2 Å². The summed E-state index contributed by atoms with van der Waals surface area (Å²) in [5, 5.41) is 0. The van der Waals surface area contributed by atoms with E-state index >= 15 is 0 Å². The SMILES string of the molecule is C=N/C=C(/c1nccc(N2CCC(CSC)C2)n1)N1C=C(C(F)(F)F)N=CC1. The predicted molar refractivity (Wildman–Crippen MR) is 108 cm³/mol. The Morgan fingerprint density at radius 3 is 3.00 bits per heavy atom. The minimum absolute atomic E-state index is 0.161. The average Bonchev–Trinajstić information content (AvgIpc) is 3.15. The number of hydrogen-bond acceptors (Lipinski definition) is 7. The fourth-order valence-corrected chi connectivity index (χ4v) is 3.93. The zero-order chi connectivity index (χ0) is 20.1. The van der Waals surface area contributed by atoms with Gasteiger partial charge in [-0.3, -0.25) is 9.98 Å². The molecule has 28 heavy (non-hydrogen) atoms. The van der Waals surface area contributed by atoms with Gasteiger partial charge in [0.2, 0.25) is 0 Å². The van der Waals surface area contributed by atoms with Gasteiger partial charge in [-0.1, -0.05) is 0 Å². The van der Waals surface area contributed by atoms with Gasteiger partial charge in [-0.25, -0.2) is 9.97 Å². The molecule has 0 N–H and O–H groups in total. The number of anilines is 1. The number of aliphatic imine (C=N–C) groups is 2. The first-order valence-corrected chi connectivity index (χ1v) is 10.1. The van der Waals surface area contributed by atoms with E-state index in [1.54, 1.807) is 6.20 Å². The summed E-state index contributed by atoms with van der Waals surface area (Å²) >= 11 is 1.83. The molecular formula is C18H21F3N6S. The Morgan fingerprint density at radius 2 is 2.29 bits per heavy atom. The normalized spacial score (nSPS) is 20.5. The summed E-state index contributed by atoms with van der Waals surface area (Å²) in [6, 6.07) is 1.82. The zero-order valence-electron chi connectivity index (χ0n) is 15.4. The van der Waals surface area contributed by atoms with E-state index in [-0.39, 0.29) is 6.54 Å². The lowest BCUT2D eigenvalue weighted by Gasteiger charge is -2.25. The molecule has 0 aliphatic carbocycles. The topological polar surface area (TPSA) is 57.0 Å². The van der Waals surface area contributed by atoms with Gasteiger partial charge in [-0.2, -0.15) is 24.9 Å². The highest BCUT2D eigenvalue weighted by Crippen LogP contribution is 2.31. The van der Waals surface area contributed by atoms with E-state index in [9.17, 15) is 13.2 Å². The van der Waals surface area contributed by atoms with E-state index < -0.39 is 11.9 Å². The Kier molecular flexibility index (Phi) is 6.38. The zero-order valence-corrected chi connectivity index (χ0v) is 16.2. The first kappa shape index (κ1) is 20.4. The molecule has 2 aliphatic heterocycles. The van der Waals surface area contributed by atoms with Crippen LogP contribution in [-0.2, 0) is 0 Å². The molecule has 1 saturated heterocycles. The molecule has 6 nitrogen and oxygen atoms in total. The number of thioether (sulfide) groups is 1. The molecule has 0 radical (unpaired) electrons. The Morgan fingerprint density at radius 1 is 1.46 bits per heavy atom. The number of allylic oxidation sites excluding steroid dienone is 1. The molecule has 3 rings (SSSR count). The molecule has 1 aromatic heterocycles. The molecule has 0 saturated carbocycles. The van der Waals surface area contributed by atoms with Crippen molar-refractivity contribution in [1.82, 2.24) is 14.9 Å². The van der Waals surface area contributed by atoms with Gasteiger partial charge in [0.05, 0.1) is 12.7 Å². The summed E-state index contributed by atoms with van der Waals surface area (Å²) in [6.07, 6.45) is 3.78. The fourth-order valence-electron chi connectivity index (χ4n) is 3.18. The quantitative estimate of drug-likeness (QED) is 0.673. The van der Waals surface area contributed by atoms with E-state index in [0.29, 0.717) is 17.4 Å².